The summed E-state index contributed by atoms with van der Waals surface area (Å²) >= 11 is 0. The number of hydrogen-bond donors (Lipinski definition) is 2. The third-order valence-electron chi connectivity index (χ3n) is 4.45. The van der Waals surface area contributed by atoms with Crippen molar-refractivity contribution in [2.75, 3.05) is 6.79 Å². The average Bonchev–Trinajstić information content (AvgIpc) is 3.15. The van der Waals surface area contributed by atoms with Gasteiger partial charge in [-0.1, -0.05) is 13.3 Å². The minimum atomic E-state index is -0.0640. The highest BCUT2D eigenvalue weighted by Crippen LogP contribution is 2.36. The number of amides is 1. The summed E-state index contributed by atoms with van der Waals surface area (Å²) in [5, 5.41) is 3.13. The van der Waals surface area contributed by atoms with Crippen LogP contribution in [0, 0.1) is 5.92 Å². The van der Waals surface area contributed by atoms with Crippen LogP contribution in [0.25, 0.3) is 11.3 Å². The van der Waals surface area contributed by atoms with E-state index in [1.54, 1.807) is 6.20 Å². The number of imidazole rings is 1. The Labute approximate surface area is 140 Å². The smallest absolute Gasteiger partial charge is 0.231 e. The number of aromatic amines is 1. The normalized spacial score (nSPS) is 16.9. The Morgan fingerprint density at radius 2 is 2.21 bits per heavy atom. The minimum absolute atomic E-state index is 0.0640. The van der Waals surface area contributed by atoms with Gasteiger partial charge in [0.2, 0.25) is 12.7 Å². The zero-order valence-corrected chi connectivity index (χ0v) is 13.7. The molecule has 0 spiro atoms. The van der Waals surface area contributed by atoms with Crippen LogP contribution in [0.15, 0.2) is 24.4 Å². The number of fused-ring (bicyclic) bond motifs is 1. The molecule has 1 amide bonds. The molecule has 1 saturated carbocycles. The summed E-state index contributed by atoms with van der Waals surface area (Å²) in [5.74, 6) is 2.66. The number of hydrogen-bond acceptors (Lipinski definition) is 4. The highest BCUT2D eigenvalue weighted by Gasteiger charge is 2.31. The van der Waals surface area contributed by atoms with Gasteiger partial charge in [-0.2, -0.15) is 0 Å². The summed E-state index contributed by atoms with van der Waals surface area (Å²) < 4.78 is 10.8. The van der Waals surface area contributed by atoms with E-state index in [9.17, 15) is 4.79 Å². The first-order valence-corrected chi connectivity index (χ1v) is 8.50. The van der Waals surface area contributed by atoms with E-state index in [1.165, 1.54) is 0 Å². The van der Waals surface area contributed by atoms with Crippen molar-refractivity contribution in [2.24, 2.45) is 5.92 Å². The van der Waals surface area contributed by atoms with E-state index in [0.717, 1.165) is 54.3 Å². The SMILES string of the molecule is CCC[C@H](NC(=O)C1CC1)c1ncc(-c2ccc3c(c2)OCO3)[nH]1. The standard InChI is InChI=1S/C18H21N3O3/c1-2-3-13(21-18(22)11-4-5-11)17-19-9-14(20-17)12-6-7-15-16(8-12)24-10-23-15/h6-9,11,13H,2-5,10H2,1H3,(H,19,20)(H,21,22)/t13-/m0/s1. The van der Waals surface area contributed by atoms with E-state index >= 15 is 0 Å². The molecule has 0 radical (unpaired) electrons. The van der Waals surface area contributed by atoms with Crippen LogP contribution >= 0.6 is 0 Å². The van der Waals surface area contributed by atoms with Gasteiger partial charge in [0, 0.05) is 11.5 Å². The number of nitrogens with zero attached hydrogens (tertiary/aromatic N) is 1. The molecule has 2 aliphatic rings. The van der Waals surface area contributed by atoms with Gasteiger partial charge >= 0.3 is 0 Å². The maximum atomic E-state index is 12.1. The molecule has 2 heterocycles. The van der Waals surface area contributed by atoms with Crippen LogP contribution in [0.4, 0.5) is 0 Å². The van der Waals surface area contributed by atoms with Gasteiger partial charge in [0.15, 0.2) is 11.5 Å². The fourth-order valence-electron chi connectivity index (χ4n) is 2.93. The Hall–Kier alpha value is -2.50. The van der Waals surface area contributed by atoms with E-state index < -0.39 is 0 Å². The lowest BCUT2D eigenvalue weighted by molar-refractivity contribution is -0.123. The first-order chi connectivity index (χ1) is 11.7. The molecule has 1 fully saturated rings. The number of carbonyl (C=O) groups is 1. The molecule has 0 bridgehead atoms. The summed E-state index contributed by atoms with van der Waals surface area (Å²) in [7, 11) is 0. The van der Waals surface area contributed by atoms with Crippen molar-refractivity contribution < 1.29 is 14.3 Å². The Morgan fingerprint density at radius 3 is 3.00 bits per heavy atom. The number of nitrogens with one attached hydrogen (secondary N) is 2. The maximum Gasteiger partial charge on any atom is 0.231 e. The van der Waals surface area contributed by atoms with Crippen LogP contribution in [0.2, 0.25) is 0 Å². The molecule has 6 nitrogen and oxygen atoms in total. The number of H-pyrrole nitrogens is 1. The van der Waals surface area contributed by atoms with Gasteiger partial charge in [-0.15, -0.1) is 0 Å². The Kier molecular flexibility index (Phi) is 3.88. The predicted molar refractivity (Wildman–Crippen MR) is 88.7 cm³/mol. The van der Waals surface area contributed by atoms with Gasteiger partial charge < -0.3 is 19.8 Å². The Morgan fingerprint density at radius 1 is 1.38 bits per heavy atom. The molecule has 6 heteroatoms. The van der Waals surface area contributed by atoms with Crippen LogP contribution in [0.3, 0.4) is 0 Å². The first-order valence-electron chi connectivity index (χ1n) is 8.50. The molecule has 1 aromatic heterocycles. The van der Waals surface area contributed by atoms with Crippen molar-refractivity contribution in [3.05, 3.63) is 30.2 Å². The zero-order valence-electron chi connectivity index (χ0n) is 13.7. The fraction of sp³-hybridized carbons (Fsp3) is 0.444. The third kappa shape index (κ3) is 2.96. The predicted octanol–water partition coefficient (Wildman–Crippen LogP) is 3.17. The molecule has 1 aliphatic carbocycles. The van der Waals surface area contributed by atoms with E-state index in [0.29, 0.717) is 0 Å². The second-order valence-electron chi connectivity index (χ2n) is 6.37. The lowest BCUT2D eigenvalue weighted by atomic mass is 10.1. The second kappa shape index (κ2) is 6.19. The first kappa shape index (κ1) is 15.1. The lowest BCUT2D eigenvalue weighted by Crippen LogP contribution is -2.30. The molecular weight excluding hydrogens is 306 g/mol. The average molecular weight is 327 g/mol. The van der Waals surface area contributed by atoms with Crippen LogP contribution in [0.5, 0.6) is 11.5 Å². The largest absolute Gasteiger partial charge is 0.454 e. The molecule has 24 heavy (non-hydrogen) atoms. The summed E-state index contributed by atoms with van der Waals surface area (Å²) in [6, 6.07) is 5.75. The van der Waals surface area contributed by atoms with E-state index in [-0.39, 0.29) is 24.7 Å². The molecule has 4 rings (SSSR count). The molecule has 1 aromatic carbocycles. The number of rotatable bonds is 6. The highest BCUT2D eigenvalue weighted by atomic mass is 16.7. The summed E-state index contributed by atoms with van der Waals surface area (Å²) in [6.07, 6.45) is 5.66. The Balaban J connectivity index is 1.54. The van der Waals surface area contributed by atoms with Crippen molar-refractivity contribution in [3.8, 4) is 22.8 Å². The van der Waals surface area contributed by atoms with Crippen LogP contribution in [0.1, 0.15) is 44.5 Å². The zero-order chi connectivity index (χ0) is 16.5. The van der Waals surface area contributed by atoms with Crippen molar-refractivity contribution in [1.82, 2.24) is 15.3 Å². The molecule has 0 unspecified atom stereocenters. The highest BCUT2D eigenvalue weighted by molar-refractivity contribution is 5.81. The fourth-order valence-corrected chi connectivity index (χ4v) is 2.93. The lowest BCUT2D eigenvalue weighted by Gasteiger charge is -2.15. The molecule has 126 valence electrons. The monoisotopic (exact) mass is 327 g/mol. The van der Waals surface area contributed by atoms with Gasteiger partial charge in [-0.3, -0.25) is 4.79 Å². The number of ether oxygens (including phenoxy) is 2. The molecule has 2 N–H and O–H groups in total. The van der Waals surface area contributed by atoms with E-state index in [2.05, 4.69) is 22.2 Å². The maximum absolute atomic E-state index is 12.1. The Bertz CT molecular complexity index is 752. The van der Waals surface area contributed by atoms with E-state index in [1.807, 2.05) is 18.2 Å². The molecule has 1 aliphatic heterocycles. The quantitative estimate of drug-likeness (QED) is 0.854. The van der Waals surface area contributed by atoms with Gasteiger partial charge in [-0.25, -0.2) is 4.98 Å². The van der Waals surface area contributed by atoms with Gasteiger partial charge in [0.1, 0.15) is 5.82 Å². The van der Waals surface area contributed by atoms with Gasteiger partial charge in [0.05, 0.1) is 17.9 Å². The molecule has 0 saturated heterocycles. The van der Waals surface area contributed by atoms with Crippen molar-refractivity contribution >= 4 is 5.91 Å². The molecule has 2 aromatic rings. The van der Waals surface area contributed by atoms with Crippen LogP contribution in [-0.4, -0.2) is 22.7 Å². The topological polar surface area (TPSA) is 76.2 Å². The molecular formula is C18H21N3O3. The molecule has 1 atom stereocenters. The van der Waals surface area contributed by atoms with Crippen molar-refractivity contribution in [1.29, 1.82) is 0 Å². The van der Waals surface area contributed by atoms with Crippen molar-refractivity contribution in [3.63, 3.8) is 0 Å². The van der Waals surface area contributed by atoms with Crippen molar-refractivity contribution in [2.45, 2.75) is 38.6 Å². The third-order valence-corrected chi connectivity index (χ3v) is 4.45. The summed E-state index contributed by atoms with van der Waals surface area (Å²) in [5.41, 5.74) is 1.90. The summed E-state index contributed by atoms with van der Waals surface area (Å²) in [6.45, 7) is 2.37. The van der Waals surface area contributed by atoms with Crippen LogP contribution in [-0.2, 0) is 4.79 Å². The summed E-state index contributed by atoms with van der Waals surface area (Å²) in [4.78, 5) is 19.9. The van der Waals surface area contributed by atoms with Gasteiger partial charge in [0.25, 0.3) is 0 Å². The van der Waals surface area contributed by atoms with Crippen LogP contribution < -0.4 is 14.8 Å². The second-order valence-corrected chi connectivity index (χ2v) is 6.37. The number of carbonyl (C=O) groups excluding carboxylic acids is 1. The van der Waals surface area contributed by atoms with Gasteiger partial charge in [-0.05, 0) is 37.5 Å². The number of benzene rings is 1. The van der Waals surface area contributed by atoms with E-state index in [4.69, 9.17) is 9.47 Å². The number of aromatic nitrogens is 2. The minimum Gasteiger partial charge on any atom is -0.454 e.